The van der Waals surface area contributed by atoms with E-state index in [-0.39, 0.29) is 5.76 Å². The highest BCUT2D eigenvalue weighted by molar-refractivity contribution is 9.10. The van der Waals surface area contributed by atoms with Gasteiger partial charge in [0, 0.05) is 16.1 Å². The third kappa shape index (κ3) is 1.86. The van der Waals surface area contributed by atoms with E-state index in [0.717, 1.165) is 15.6 Å². The Morgan fingerprint density at radius 1 is 1.50 bits per heavy atom. The number of halogens is 1. The number of hydrogen-bond acceptors (Lipinski definition) is 3. The van der Waals surface area contributed by atoms with Gasteiger partial charge in [-0.25, -0.2) is 4.79 Å². The summed E-state index contributed by atoms with van der Waals surface area (Å²) in [6, 6.07) is 7.05. The minimum Gasteiger partial charge on any atom is -0.475 e. The second kappa shape index (κ2) is 4.09. The van der Waals surface area contributed by atoms with Crippen molar-refractivity contribution in [3.8, 4) is 11.3 Å². The first-order valence-corrected chi connectivity index (χ1v) is 5.34. The molecule has 0 saturated carbocycles. The van der Waals surface area contributed by atoms with Crippen LogP contribution in [0, 0.1) is 6.92 Å². The molecule has 1 heterocycles. The zero-order valence-electron chi connectivity index (χ0n) is 8.40. The van der Waals surface area contributed by atoms with Crippen LogP contribution in [0.1, 0.15) is 16.1 Å². The third-order valence-electron chi connectivity index (χ3n) is 2.26. The molecule has 0 bridgehead atoms. The standard InChI is InChI=1S/C11H8BrNO3/c1-6-7(3-2-4-8(6)12)9-5-10(11(14)15)16-13-9/h2-5H,1H3,(H,14,15). The highest BCUT2D eigenvalue weighted by Crippen LogP contribution is 2.28. The van der Waals surface area contributed by atoms with Crippen molar-refractivity contribution < 1.29 is 14.4 Å². The molecule has 0 aliphatic rings. The molecule has 5 heteroatoms. The van der Waals surface area contributed by atoms with Gasteiger partial charge in [0.2, 0.25) is 5.76 Å². The zero-order valence-corrected chi connectivity index (χ0v) is 9.98. The van der Waals surface area contributed by atoms with Gasteiger partial charge in [-0.2, -0.15) is 0 Å². The Balaban J connectivity index is 2.50. The minimum absolute atomic E-state index is 0.158. The van der Waals surface area contributed by atoms with Gasteiger partial charge < -0.3 is 9.63 Å². The molecule has 1 N–H and O–H groups in total. The molecule has 1 aromatic carbocycles. The summed E-state index contributed by atoms with van der Waals surface area (Å²) in [4.78, 5) is 10.7. The van der Waals surface area contributed by atoms with Gasteiger partial charge in [-0.05, 0) is 18.6 Å². The SMILES string of the molecule is Cc1c(Br)cccc1-c1cc(C(=O)O)on1. The first-order chi connectivity index (χ1) is 7.59. The molecular weight excluding hydrogens is 274 g/mol. The Morgan fingerprint density at radius 3 is 2.88 bits per heavy atom. The van der Waals surface area contributed by atoms with Gasteiger partial charge in [-0.1, -0.05) is 33.2 Å². The lowest BCUT2D eigenvalue weighted by atomic mass is 10.1. The van der Waals surface area contributed by atoms with E-state index >= 15 is 0 Å². The summed E-state index contributed by atoms with van der Waals surface area (Å²) in [6.45, 7) is 1.93. The molecule has 4 nitrogen and oxygen atoms in total. The maximum absolute atomic E-state index is 10.7. The predicted octanol–water partition coefficient (Wildman–Crippen LogP) is 3.11. The molecular formula is C11H8BrNO3. The van der Waals surface area contributed by atoms with E-state index < -0.39 is 5.97 Å². The van der Waals surface area contributed by atoms with Gasteiger partial charge in [0.1, 0.15) is 5.69 Å². The fourth-order valence-corrected chi connectivity index (χ4v) is 1.75. The lowest BCUT2D eigenvalue weighted by Crippen LogP contribution is -1.91. The topological polar surface area (TPSA) is 63.3 Å². The smallest absolute Gasteiger partial charge is 0.374 e. The summed E-state index contributed by atoms with van der Waals surface area (Å²) in [5.41, 5.74) is 2.37. The number of aromatic nitrogens is 1. The molecule has 0 unspecified atom stereocenters. The molecule has 0 aliphatic carbocycles. The molecule has 0 radical (unpaired) electrons. The molecule has 1 aromatic heterocycles. The van der Waals surface area contributed by atoms with Crippen LogP contribution in [0.2, 0.25) is 0 Å². The van der Waals surface area contributed by atoms with Crippen LogP contribution in [-0.2, 0) is 0 Å². The highest BCUT2D eigenvalue weighted by Gasteiger charge is 2.14. The number of carbonyl (C=O) groups is 1. The van der Waals surface area contributed by atoms with E-state index in [1.165, 1.54) is 6.07 Å². The molecule has 0 fully saturated rings. The molecule has 2 aromatic rings. The lowest BCUT2D eigenvalue weighted by Gasteiger charge is -2.02. The quantitative estimate of drug-likeness (QED) is 0.919. The molecule has 0 atom stereocenters. The van der Waals surface area contributed by atoms with Crippen molar-refractivity contribution in [2.75, 3.05) is 0 Å². The summed E-state index contributed by atoms with van der Waals surface area (Å²) >= 11 is 3.40. The Bertz CT molecular complexity index is 548. The summed E-state index contributed by atoms with van der Waals surface area (Å²) in [5.74, 6) is -1.28. The monoisotopic (exact) mass is 281 g/mol. The second-order valence-corrected chi connectivity index (χ2v) is 4.15. The van der Waals surface area contributed by atoms with E-state index in [1.54, 1.807) is 0 Å². The Morgan fingerprint density at radius 2 is 2.25 bits per heavy atom. The number of rotatable bonds is 2. The number of hydrogen-bond donors (Lipinski definition) is 1. The van der Waals surface area contributed by atoms with Gasteiger partial charge in [-0.3, -0.25) is 0 Å². The van der Waals surface area contributed by atoms with Gasteiger partial charge in [0.05, 0.1) is 0 Å². The van der Waals surface area contributed by atoms with Crippen molar-refractivity contribution in [3.63, 3.8) is 0 Å². The average Bonchev–Trinajstić information content (AvgIpc) is 2.71. The molecule has 0 amide bonds. The zero-order chi connectivity index (χ0) is 11.7. The fourth-order valence-electron chi connectivity index (χ4n) is 1.39. The third-order valence-corrected chi connectivity index (χ3v) is 3.12. The van der Waals surface area contributed by atoms with E-state index in [9.17, 15) is 4.79 Å². The molecule has 16 heavy (non-hydrogen) atoms. The van der Waals surface area contributed by atoms with Gasteiger partial charge in [0.25, 0.3) is 0 Å². The lowest BCUT2D eigenvalue weighted by molar-refractivity contribution is 0.0652. The number of carboxylic acids is 1. The predicted molar refractivity (Wildman–Crippen MR) is 61.3 cm³/mol. The maximum Gasteiger partial charge on any atom is 0.374 e. The number of nitrogens with zero attached hydrogens (tertiary/aromatic N) is 1. The highest BCUT2D eigenvalue weighted by atomic mass is 79.9. The van der Waals surface area contributed by atoms with Gasteiger partial charge >= 0.3 is 5.97 Å². The average molecular weight is 282 g/mol. The number of aromatic carboxylic acids is 1. The van der Waals surface area contributed by atoms with Crippen molar-refractivity contribution in [3.05, 3.63) is 40.1 Å². The van der Waals surface area contributed by atoms with Crippen molar-refractivity contribution in [2.24, 2.45) is 0 Å². The normalized spacial score (nSPS) is 10.4. The first kappa shape index (κ1) is 10.9. The van der Waals surface area contributed by atoms with Crippen LogP contribution in [-0.4, -0.2) is 16.2 Å². The van der Waals surface area contributed by atoms with Crippen molar-refractivity contribution in [1.29, 1.82) is 0 Å². The summed E-state index contributed by atoms with van der Waals surface area (Å²) in [7, 11) is 0. The van der Waals surface area contributed by atoms with E-state index in [4.69, 9.17) is 9.63 Å². The summed E-state index contributed by atoms with van der Waals surface area (Å²) in [6.07, 6.45) is 0. The van der Waals surface area contributed by atoms with Crippen LogP contribution in [0.5, 0.6) is 0 Å². The van der Waals surface area contributed by atoms with Crippen LogP contribution >= 0.6 is 15.9 Å². The number of benzene rings is 1. The van der Waals surface area contributed by atoms with Crippen molar-refractivity contribution in [2.45, 2.75) is 6.92 Å². The van der Waals surface area contributed by atoms with Crippen molar-refractivity contribution >= 4 is 21.9 Å². The second-order valence-electron chi connectivity index (χ2n) is 3.29. The summed E-state index contributed by atoms with van der Waals surface area (Å²) < 4.78 is 5.66. The minimum atomic E-state index is -1.12. The van der Waals surface area contributed by atoms with Crippen LogP contribution in [0.15, 0.2) is 33.3 Å². The Kier molecular flexibility index (Phi) is 2.78. The van der Waals surface area contributed by atoms with E-state index in [1.807, 2.05) is 25.1 Å². The molecule has 0 spiro atoms. The van der Waals surface area contributed by atoms with Crippen LogP contribution in [0.4, 0.5) is 0 Å². The van der Waals surface area contributed by atoms with Crippen LogP contribution in [0.3, 0.4) is 0 Å². The molecule has 0 saturated heterocycles. The Hall–Kier alpha value is -1.62. The summed E-state index contributed by atoms with van der Waals surface area (Å²) in [5, 5.41) is 12.5. The largest absolute Gasteiger partial charge is 0.475 e. The van der Waals surface area contributed by atoms with Crippen molar-refractivity contribution in [1.82, 2.24) is 5.16 Å². The van der Waals surface area contributed by atoms with Crippen LogP contribution < -0.4 is 0 Å². The molecule has 0 aliphatic heterocycles. The van der Waals surface area contributed by atoms with E-state index in [2.05, 4.69) is 21.1 Å². The first-order valence-electron chi connectivity index (χ1n) is 4.55. The van der Waals surface area contributed by atoms with Gasteiger partial charge in [0.15, 0.2) is 0 Å². The van der Waals surface area contributed by atoms with Crippen LogP contribution in [0.25, 0.3) is 11.3 Å². The fraction of sp³-hybridized carbons (Fsp3) is 0.0909. The molecule has 2 rings (SSSR count). The Labute approximate surface area is 100 Å². The number of carboxylic acid groups (broad SMARTS) is 1. The maximum atomic E-state index is 10.7. The van der Waals surface area contributed by atoms with Gasteiger partial charge in [-0.15, -0.1) is 0 Å². The van der Waals surface area contributed by atoms with E-state index in [0.29, 0.717) is 5.69 Å². The molecule has 82 valence electrons.